The first-order valence-corrected chi connectivity index (χ1v) is 8.92. The van der Waals surface area contributed by atoms with E-state index in [1.165, 1.54) is 6.26 Å². The number of piperazine rings is 1. The van der Waals surface area contributed by atoms with Crippen molar-refractivity contribution in [1.82, 2.24) is 14.8 Å². The maximum atomic E-state index is 12.9. The number of carbonyl (C=O) groups excluding carboxylic acids is 3. The first kappa shape index (κ1) is 18.8. The zero-order chi connectivity index (χ0) is 19.6. The van der Waals surface area contributed by atoms with Crippen molar-refractivity contribution in [1.29, 1.82) is 0 Å². The molecule has 1 N–H and O–H groups in total. The average Bonchev–Trinajstić information content (AvgIpc) is 3.29. The first-order chi connectivity index (χ1) is 12.9. The highest BCUT2D eigenvalue weighted by atomic mass is 16.5. The van der Waals surface area contributed by atoms with Gasteiger partial charge in [0.2, 0.25) is 0 Å². The number of amides is 2. The molecule has 0 aliphatic carbocycles. The van der Waals surface area contributed by atoms with Crippen molar-refractivity contribution in [3.63, 3.8) is 0 Å². The molecule has 0 aromatic carbocycles. The summed E-state index contributed by atoms with van der Waals surface area (Å²) in [6.45, 7) is 7.18. The summed E-state index contributed by atoms with van der Waals surface area (Å²) in [5, 5.41) is 0. The van der Waals surface area contributed by atoms with Crippen LogP contribution in [0.5, 0.6) is 0 Å². The third-order valence-electron chi connectivity index (χ3n) is 4.72. The van der Waals surface area contributed by atoms with Crippen molar-refractivity contribution in [2.45, 2.75) is 20.8 Å². The number of ether oxygens (including phenoxy) is 1. The number of aryl methyl sites for hydroxylation is 1. The molecule has 1 saturated heterocycles. The van der Waals surface area contributed by atoms with E-state index in [1.54, 1.807) is 42.7 Å². The molecule has 8 heteroatoms. The van der Waals surface area contributed by atoms with Gasteiger partial charge in [0.05, 0.1) is 18.4 Å². The van der Waals surface area contributed by atoms with Crippen molar-refractivity contribution in [3.05, 3.63) is 46.7 Å². The highest BCUT2D eigenvalue weighted by Gasteiger charge is 2.30. The van der Waals surface area contributed by atoms with Crippen LogP contribution in [-0.4, -0.2) is 65.4 Å². The summed E-state index contributed by atoms with van der Waals surface area (Å²) in [5.41, 5.74) is 2.00. The number of H-pyrrole nitrogens is 1. The zero-order valence-corrected chi connectivity index (χ0v) is 15.7. The third-order valence-corrected chi connectivity index (χ3v) is 4.72. The second-order valence-electron chi connectivity index (χ2n) is 6.41. The number of hydrogen-bond acceptors (Lipinski definition) is 5. The van der Waals surface area contributed by atoms with Gasteiger partial charge in [-0.25, -0.2) is 4.79 Å². The molecule has 1 aliphatic rings. The quantitative estimate of drug-likeness (QED) is 0.827. The van der Waals surface area contributed by atoms with E-state index in [0.29, 0.717) is 54.5 Å². The number of aromatic amines is 1. The lowest BCUT2D eigenvalue weighted by molar-refractivity contribution is 0.0513. The lowest BCUT2D eigenvalue weighted by Gasteiger charge is -2.34. The summed E-state index contributed by atoms with van der Waals surface area (Å²) in [4.78, 5) is 43.7. The van der Waals surface area contributed by atoms with Gasteiger partial charge in [-0.1, -0.05) is 0 Å². The Balaban J connectivity index is 1.69. The molecule has 144 valence electrons. The zero-order valence-electron chi connectivity index (χ0n) is 15.7. The SMILES string of the molecule is CCOC(=O)c1c(C)[nH]c(C(=O)N2CCN(C(=O)c3ccco3)CC2)c1C. The van der Waals surface area contributed by atoms with Crippen LogP contribution in [0.1, 0.15) is 49.6 Å². The molecule has 0 atom stereocenters. The van der Waals surface area contributed by atoms with Gasteiger partial charge < -0.3 is 23.9 Å². The monoisotopic (exact) mass is 373 g/mol. The molecule has 8 nitrogen and oxygen atoms in total. The number of carbonyl (C=O) groups is 3. The molecular formula is C19H23N3O5. The topological polar surface area (TPSA) is 95.9 Å². The fourth-order valence-corrected chi connectivity index (χ4v) is 3.30. The molecule has 2 amide bonds. The smallest absolute Gasteiger partial charge is 0.340 e. The van der Waals surface area contributed by atoms with Gasteiger partial charge >= 0.3 is 5.97 Å². The Morgan fingerprint density at radius 1 is 1.11 bits per heavy atom. The fraction of sp³-hybridized carbons (Fsp3) is 0.421. The Morgan fingerprint density at radius 2 is 1.74 bits per heavy atom. The van der Waals surface area contributed by atoms with Gasteiger partial charge in [0.15, 0.2) is 5.76 Å². The number of nitrogens with zero attached hydrogens (tertiary/aromatic N) is 2. The molecule has 0 spiro atoms. The Bertz CT molecular complexity index is 845. The second kappa shape index (κ2) is 7.69. The van der Waals surface area contributed by atoms with E-state index < -0.39 is 5.97 Å². The lowest BCUT2D eigenvalue weighted by atomic mass is 10.1. The third kappa shape index (κ3) is 3.60. The summed E-state index contributed by atoms with van der Waals surface area (Å²) in [5.74, 6) is -0.499. The molecule has 0 radical (unpaired) electrons. The van der Waals surface area contributed by atoms with Gasteiger partial charge in [-0.15, -0.1) is 0 Å². The number of aromatic nitrogens is 1. The highest BCUT2D eigenvalue weighted by Crippen LogP contribution is 2.21. The summed E-state index contributed by atoms with van der Waals surface area (Å²) >= 11 is 0. The first-order valence-electron chi connectivity index (χ1n) is 8.92. The minimum atomic E-state index is -0.434. The Kier molecular flexibility index (Phi) is 5.34. The summed E-state index contributed by atoms with van der Waals surface area (Å²) in [6, 6.07) is 3.30. The van der Waals surface area contributed by atoms with Crippen LogP contribution in [0.4, 0.5) is 0 Å². The van der Waals surface area contributed by atoms with Crippen LogP contribution in [0.25, 0.3) is 0 Å². The van der Waals surface area contributed by atoms with Gasteiger partial charge in [-0.3, -0.25) is 9.59 Å². The average molecular weight is 373 g/mol. The van der Waals surface area contributed by atoms with Crippen molar-refractivity contribution < 1.29 is 23.5 Å². The molecule has 27 heavy (non-hydrogen) atoms. The second-order valence-corrected chi connectivity index (χ2v) is 6.41. The van der Waals surface area contributed by atoms with Crippen LogP contribution < -0.4 is 0 Å². The summed E-state index contributed by atoms with van der Waals surface area (Å²) in [6.07, 6.45) is 1.46. The van der Waals surface area contributed by atoms with Gasteiger partial charge in [0.1, 0.15) is 5.69 Å². The minimum absolute atomic E-state index is 0.177. The Labute approximate surface area is 157 Å². The van der Waals surface area contributed by atoms with E-state index in [9.17, 15) is 14.4 Å². The standard InChI is InChI=1S/C19H23N3O5/c1-4-26-19(25)15-12(2)16(20-13(15)3)18(24)22-9-7-21(8-10-22)17(23)14-6-5-11-27-14/h5-6,11,20H,4,7-10H2,1-3H3. The number of hydrogen-bond donors (Lipinski definition) is 1. The van der Waals surface area contributed by atoms with Crippen molar-refractivity contribution in [2.24, 2.45) is 0 Å². The summed E-state index contributed by atoms with van der Waals surface area (Å²) in [7, 11) is 0. The molecule has 3 rings (SSSR count). The minimum Gasteiger partial charge on any atom is -0.462 e. The molecule has 3 heterocycles. The van der Waals surface area contributed by atoms with Crippen LogP contribution in [0.15, 0.2) is 22.8 Å². The Morgan fingerprint density at radius 3 is 2.30 bits per heavy atom. The Hall–Kier alpha value is -3.03. The van der Waals surface area contributed by atoms with Gasteiger partial charge in [-0.05, 0) is 38.5 Å². The van der Waals surface area contributed by atoms with E-state index in [-0.39, 0.29) is 18.4 Å². The largest absolute Gasteiger partial charge is 0.462 e. The van der Waals surface area contributed by atoms with E-state index in [2.05, 4.69) is 4.98 Å². The van der Waals surface area contributed by atoms with Crippen LogP contribution in [-0.2, 0) is 4.74 Å². The normalized spacial score (nSPS) is 14.3. The number of rotatable bonds is 4. The van der Waals surface area contributed by atoms with Crippen molar-refractivity contribution >= 4 is 17.8 Å². The molecule has 0 bridgehead atoms. The van der Waals surface area contributed by atoms with Gasteiger partial charge in [0, 0.05) is 31.9 Å². The van der Waals surface area contributed by atoms with E-state index >= 15 is 0 Å². The number of furan rings is 1. The predicted octanol–water partition coefficient (Wildman–Crippen LogP) is 2.00. The molecule has 1 fully saturated rings. The highest BCUT2D eigenvalue weighted by molar-refractivity contribution is 6.00. The predicted molar refractivity (Wildman–Crippen MR) is 96.7 cm³/mol. The number of nitrogens with one attached hydrogen (secondary N) is 1. The van der Waals surface area contributed by atoms with Gasteiger partial charge in [-0.2, -0.15) is 0 Å². The van der Waals surface area contributed by atoms with E-state index in [4.69, 9.17) is 9.15 Å². The van der Waals surface area contributed by atoms with E-state index in [1.807, 2.05) is 0 Å². The van der Waals surface area contributed by atoms with Crippen LogP contribution in [0, 0.1) is 13.8 Å². The lowest BCUT2D eigenvalue weighted by Crippen LogP contribution is -2.50. The van der Waals surface area contributed by atoms with Crippen LogP contribution in [0.3, 0.4) is 0 Å². The maximum Gasteiger partial charge on any atom is 0.340 e. The molecule has 0 unspecified atom stereocenters. The summed E-state index contributed by atoms with van der Waals surface area (Å²) < 4.78 is 10.2. The fourth-order valence-electron chi connectivity index (χ4n) is 3.30. The van der Waals surface area contributed by atoms with Crippen LogP contribution in [0.2, 0.25) is 0 Å². The molecular weight excluding hydrogens is 350 g/mol. The van der Waals surface area contributed by atoms with Crippen molar-refractivity contribution in [3.8, 4) is 0 Å². The maximum absolute atomic E-state index is 12.9. The van der Waals surface area contributed by atoms with E-state index in [0.717, 1.165) is 0 Å². The molecule has 1 aliphatic heterocycles. The molecule has 2 aromatic rings. The van der Waals surface area contributed by atoms with Crippen molar-refractivity contribution in [2.75, 3.05) is 32.8 Å². The van der Waals surface area contributed by atoms with Gasteiger partial charge in [0.25, 0.3) is 11.8 Å². The number of esters is 1. The molecule has 0 saturated carbocycles. The molecule has 2 aromatic heterocycles. The van der Waals surface area contributed by atoms with Crippen LogP contribution >= 0.6 is 0 Å².